The molecule has 0 atom stereocenters. The Hall–Kier alpha value is -2.84. The van der Waals surface area contributed by atoms with Crippen molar-refractivity contribution in [2.45, 2.75) is 32.0 Å². The number of anilines is 3. The maximum absolute atomic E-state index is 6.81. The summed E-state index contributed by atoms with van der Waals surface area (Å²) in [6, 6.07) is 27.8. The molecule has 3 aromatic carbocycles. The Bertz CT molecular complexity index is 1000. The molecule has 0 fully saturated rings. The van der Waals surface area contributed by atoms with Gasteiger partial charge in [0, 0.05) is 16.8 Å². The highest BCUT2D eigenvalue weighted by Crippen LogP contribution is 2.57. The zero-order valence-electron chi connectivity index (χ0n) is 15.9. The van der Waals surface area contributed by atoms with Gasteiger partial charge in [-0.1, -0.05) is 54.6 Å². The van der Waals surface area contributed by atoms with E-state index in [9.17, 15) is 0 Å². The first kappa shape index (κ1) is 16.3. The number of para-hydroxylation sites is 3. The molecule has 0 amide bonds. The third kappa shape index (κ3) is 2.23. The van der Waals surface area contributed by atoms with Crippen LogP contribution in [-0.4, -0.2) is 5.60 Å². The van der Waals surface area contributed by atoms with Gasteiger partial charge in [0.1, 0.15) is 5.60 Å². The molecule has 1 spiro atoms. The monoisotopic (exact) mass is 353 g/mol. The lowest BCUT2D eigenvalue weighted by Gasteiger charge is -2.43. The lowest BCUT2D eigenvalue weighted by atomic mass is 9.80. The molecule has 0 saturated heterocycles. The van der Waals surface area contributed by atoms with Gasteiger partial charge in [-0.25, -0.2) is 0 Å². The van der Waals surface area contributed by atoms with Crippen LogP contribution in [0.5, 0.6) is 0 Å². The lowest BCUT2D eigenvalue weighted by Crippen LogP contribution is -2.38. The van der Waals surface area contributed by atoms with Crippen molar-refractivity contribution in [2.24, 2.45) is 0 Å². The van der Waals surface area contributed by atoms with Crippen molar-refractivity contribution in [1.29, 1.82) is 0 Å². The summed E-state index contributed by atoms with van der Waals surface area (Å²) >= 11 is 0. The molecular weight excluding hydrogens is 330 g/mol. The van der Waals surface area contributed by atoms with Crippen molar-refractivity contribution in [3.05, 3.63) is 102 Å². The second-order valence-corrected chi connectivity index (χ2v) is 7.88. The lowest BCUT2D eigenvalue weighted by molar-refractivity contribution is -0.0542. The van der Waals surface area contributed by atoms with Gasteiger partial charge in [0.25, 0.3) is 0 Å². The van der Waals surface area contributed by atoms with E-state index in [1.165, 1.54) is 28.1 Å². The summed E-state index contributed by atoms with van der Waals surface area (Å²) in [7, 11) is 0. The molecule has 2 aliphatic rings. The van der Waals surface area contributed by atoms with Crippen molar-refractivity contribution in [3.63, 3.8) is 0 Å². The summed E-state index contributed by atoms with van der Waals surface area (Å²) in [5.74, 6) is 0. The van der Waals surface area contributed by atoms with Gasteiger partial charge in [-0.05, 0) is 56.7 Å². The minimum Gasteiger partial charge on any atom is -0.351 e. The Kier molecular flexibility index (Phi) is 3.38. The molecule has 0 unspecified atom stereocenters. The van der Waals surface area contributed by atoms with Gasteiger partial charge in [0.05, 0.1) is 17.0 Å². The average molecular weight is 353 g/mol. The topological polar surface area (TPSA) is 12.5 Å². The van der Waals surface area contributed by atoms with Crippen LogP contribution in [-0.2, 0) is 10.3 Å². The van der Waals surface area contributed by atoms with E-state index in [-0.39, 0.29) is 5.60 Å². The first-order valence-corrected chi connectivity index (χ1v) is 9.47. The normalized spacial score (nSPS) is 18.8. The van der Waals surface area contributed by atoms with Crippen molar-refractivity contribution in [2.75, 3.05) is 4.90 Å². The number of hydrogen-bond donors (Lipinski definition) is 0. The summed E-state index contributed by atoms with van der Waals surface area (Å²) in [5.41, 5.74) is 6.30. The standard InChI is InChI=1S/C25H23NO/c1-18-17-25(27-24(18,2)3)20-13-7-9-15-22(20)26(19-11-5-4-6-12-19)23-16-10-8-14-21(23)25/h4-17H,1-3H3. The first-order valence-electron chi connectivity index (χ1n) is 9.47. The Morgan fingerprint density at radius 2 is 1.22 bits per heavy atom. The van der Waals surface area contributed by atoms with Crippen LogP contribution in [0.25, 0.3) is 0 Å². The molecule has 0 aromatic heterocycles. The summed E-state index contributed by atoms with van der Waals surface area (Å²) in [5, 5.41) is 0. The molecule has 5 rings (SSSR count). The summed E-state index contributed by atoms with van der Waals surface area (Å²) < 4.78 is 6.81. The quantitative estimate of drug-likeness (QED) is 0.465. The summed E-state index contributed by atoms with van der Waals surface area (Å²) in [6.07, 6.45) is 2.31. The molecular formula is C25H23NO. The van der Waals surface area contributed by atoms with E-state index in [1.807, 2.05) is 0 Å². The van der Waals surface area contributed by atoms with Gasteiger partial charge in [0.2, 0.25) is 0 Å². The van der Waals surface area contributed by atoms with Crippen LogP contribution >= 0.6 is 0 Å². The Morgan fingerprint density at radius 1 is 0.704 bits per heavy atom. The smallest absolute Gasteiger partial charge is 0.142 e. The highest BCUT2D eigenvalue weighted by Gasteiger charge is 2.50. The first-order chi connectivity index (χ1) is 13.0. The van der Waals surface area contributed by atoms with Crippen molar-refractivity contribution >= 4 is 17.1 Å². The minimum absolute atomic E-state index is 0.296. The van der Waals surface area contributed by atoms with Crippen molar-refractivity contribution in [1.82, 2.24) is 0 Å². The van der Waals surface area contributed by atoms with Crippen molar-refractivity contribution in [3.8, 4) is 0 Å². The van der Waals surface area contributed by atoms with E-state index in [1.54, 1.807) is 0 Å². The molecule has 0 aliphatic carbocycles. The highest BCUT2D eigenvalue weighted by molar-refractivity contribution is 5.86. The van der Waals surface area contributed by atoms with E-state index in [0.717, 1.165) is 5.69 Å². The van der Waals surface area contributed by atoms with Crippen molar-refractivity contribution < 1.29 is 4.74 Å². The number of nitrogens with zero attached hydrogens (tertiary/aromatic N) is 1. The average Bonchev–Trinajstić information content (AvgIpc) is 2.93. The molecule has 0 radical (unpaired) electrons. The van der Waals surface area contributed by atoms with Gasteiger partial charge in [-0.2, -0.15) is 0 Å². The molecule has 2 aliphatic heterocycles. The van der Waals surface area contributed by atoms with E-state index in [2.05, 4.69) is 111 Å². The zero-order valence-corrected chi connectivity index (χ0v) is 15.9. The molecule has 27 heavy (non-hydrogen) atoms. The number of ether oxygens (including phenoxy) is 1. The summed E-state index contributed by atoms with van der Waals surface area (Å²) in [6.45, 7) is 6.48. The van der Waals surface area contributed by atoms with Gasteiger partial charge in [-0.15, -0.1) is 0 Å². The number of rotatable bonds is 1. The predicted molar refractivity (Wildman–Crippen MR) is 111 cm³/mol. The van der Waals surface area contributed by atoms with Crippen LogP contribution in [0.1, 0.15) is 31.9 Å². The largest absolute Gasteiger partial charge is 0.351 e. The summed E-state index contributed by atoms with van der Waals surface area (Å²) in [4.78, 5) is 2.34. The molecule has 0 N–H and O–H groups in total. The Balaban J connectivity index is 1.84. The molecule has 2 nitrogen and oxygen atoms in total. The van der Waals surface area contributed by atoms with Gasteiger partial charge >= 0.3 is 0 Å². The Labute approximate surface area is 160 Å². The highest BCUT2D eigenvalue weighted by atomic mass is 16.5. The fourth-order valence-corrected chi connectivity index (χ4v) is 4.35. The van der Waals surface area contributed by atoms with Gasteiger partial charge in [-0.3, -0.25) is 0 Å². The SMILES string of the molecule is CC1=CC2(OC1(C)C)c1ccccc1N(c1ccccc1)c1ccccc12. The number of fused-ring (bicyclic) bond motifs is 4. The second kappa shape index (κ2) is 5.58. The number of benzene rings is 3. The van der Waals surface area contributed by atoms with E-state index in [4.69, 9.17) is 4.74 Å². The molecule has 0 bridgehead atoms. The van der Waals surface area contributed by atoms with Crippen LogP contribution < -0.4 is 4.90 Å². The molecule has 0 saturated carbocycles. The Morgan fingerprint density at radius 3 is 1.74 bits per heavy atom. The van der Waals surface area contributed by atoms with E-state index in [0.29, 0.717) is 0 Å². The van der Waals surface area contributed by atoms with E-state index < -0.39 is 5.60 Å². The maximum Gasteiger partial charge on any atom is 0.142 e. The van der Waals surface area contributed by atoms with Gasteiger partial charge < -0.3 is 9.64 Å². The minimum atomic E-state index is -0.550. The fraction of sp³-hybridized carbons (Fsp3) is 0.200. The van der Waals surface area contributed by atoms with Crippen LogP contribution in [0.2, 0.25) is 0 Å². The fourth-order valence-electron chi connectivity index (χ4n) is 4.35. The second-order valence-electron chi connectivity index (χ2n) is 7.88. The molecule has 3 aromatic rings. The molecule has 2 heteroatoms. The van der Waals surface area contributed by atoms with Crippen LogP contribution in [0.15, 0.2) is 90.5 Å². The molecule has 134 valence electrons. The molecule has 2 heterocycles. The predicted octanol–water partition coefficient (Wildman–Crippen LogP) is 6.47. The zero-order chi connectivity index (χ0) is 18.6. The van der Waals surface area contributed by atoms with Crippen LogP contribution in [0.4, 0.5) is 17.1 Å². The van der Waals surface area contributed by atoms with E-state index >= 15 is 0 Å². The third-order valence-electron chi connectivity index (χ3n) is 5.89. The third-order valence-corrected chi connectivity index (χ3v) is 5.89. The van der Waals surface area contributed by atoms with Gasteiger partial charge in [0.15, 0.2) is 0 Å². The van der Waals surface area contributed by atoms with Crippen LogP contribution in [0, 0.1) is 0 Å². The number of hydrogen-bond acceptors (Lipinski definition) is 2. The maximum atomic E-state index is 6.81. The van der Waals surface area contributed by atoms with Crippen LogP contribution in [0.3, 0.4) is 0 Å².